The summed E-state index contributed by atoms with van der Waals surface area (Å²) >= 11 is 6.13. The number of hydrogen-bond acceptors (Lipinski definition) is 7. The van der Waals surface area contributed by atoms with Crippen LogP contribution in [0.15, 0.2) is 47.4 Å². The molecule has 2 aromatic carbocycles. The van der Waals surface area contributed by atoms with E-state index >= 15 is 0 Å². The molecule has 3 N–H and O–H groups in total. The molecular weight excluding hydrogens is 420 g/mol. The quantitative estimate of drug-likeness (QED) is 0.606. The molecule has 2 aromatic rings. The molecule has 3 rings (SSSR count). The molecule has 7 nitrogen and oxygen atoms in total. The lowest BCUT2D eigenvalue weighted by Crippen LogP contribution is -2.55. The predicted octanol–water partition coefficient (Wildman–Crippen LogP) is 1.88. The van der Waals surface area contributed by atoms with Crippen molar-refractivity contribution >= 4 is 21.7 Å². The van der Waals surface area contributed by atoms with Gasteiger partial charge in [0.2, 0.25) is 0 Å². The van der Waals surface area contributed by atoms with Crippen molar-refractivity contribution in [3.63, 3.8) is 0 Å². The van der Waals surface area contributed by atoms with Crippen molar-refractivity contribution in [3.8, 4) is 0 Å². The third-order valence-corrected chi connectivity index (χ3v) is 6.64. The molecule has 9 heteroatoms. The van der Waals surface area contributed by atoms with Crippen LogP contribution in [0.4, 0.5) is 0 Å². The van der Waals surface area contributed by atoms with Gasteiger partial charge in [0, 0.05) is 5.02 Å². The van der Waals surface area contributed by atoms with Gasteiger partial charge in [-0.05, 0) is 43.2 Å². The Morgan fingerprint density at radius 2 is 1.66 bits per heavy atom. The molecule has 0 amide bonds. The Morgan fingerprint density at radius 1 is 1.00 bits per heavy atom. The minimum absolute atomic E-state index is 0.0316. The summed E-state index contributed by atoms with van der Waals surface area (Å²) in [4.78, 5) is -0.0316. The van der Waals surface area contributed by atoms with E-state index in [1.54, 1.807) is 30.3 Å². The van der Waals surface area contributed by atoms with Crippen LogP contribution in [0.2, 0.25) is 5.02 Å². The molecule has 1 saturated heterocycles. The van der Waals surface area contributed by atoms with Gasteiger partial charge in [-0.1, -0.05) is 41.4 Å². The minimum atomic E-state index is -4.08. The Bertz CT molecular complexity index is 961. The first-order valence-corrected chi connectivity index (χ1v) is 10.8. The lowest BCUT2D eigenvalue weighted by atomic mass is 9.91. The Hall–Kier alpha value is -1.52. The van der Waals surface area contributed by atoms with E-state index in [2.05, 4.69) is 0 Å². The highest BCUT2D eigenvalue weighted by molar-refractivity contribution is 7.86. The molecular formula is C20H23ClO7S. The summed E-state index contributed by atoms with van der Waals surface area (Å²) in [7, 11) is -4.08. The maximum atomic E-state index is 12.4. The summed E-state index contributed by atoms with van der Waals surface area (Å²) in [6, 6.07) is 11.1. The van der Waals surface area contributed by atoms with E-state index < -0.39 is 47.2 Å². The molecule has 1 heterocycles. The van der Waals surface area contributed by atoms with Crippen LogP contribution in [0.3, 0.4) is 0 Å². The smallest absolute Gasteiger partial charge is 0.297 e. The fraction of sp³-hybridized carbons (Fsp3) is 0.400. The highest BCUT2D eigenvalue weighted by atomic mass is 35.5. The van der Waals surface area contributed by atoms with Crippen molar-refractivity contribution in [2.75, 3.05) is 6.61 Å². The Labute approximate surface area is 174 Å². The van der Waals surface area contributed by atoms with E-state index in [9.17, 15) is 23.7 Å². The fourth-order valence-electron chi connectivity index (χ4n) is 3.08. The van der Waals surface area contributed by atoms with Crippen LogP contribution < -0.4 is 0 Å². The lowest BCUT2D eigenvalue weighted by Gasteiger charge is -2.40. The van der Waals surface area contributed by atoms with E-state index in [0.29, 0.717) is 10.6 Å². The Morgan fingerprint density at radius 3 is 2.28 bits per heavy atom. The number of aliphatic hydroxyl groups is 3. The average Bonchev–Trinajstić information content (AvgIpc) is 2.68. The number of rotatable bonds is 5. The number of aliphatic hydroxyl groups excluding tert-OH is 3. The number of ether oxygens (including phenoxy) is 1. The molecule has 0 saturated carbocycles. The molecule has 0 aliphatic carbocycles. The van der Waals surface area contributed by atoms with Crippen molar-refractivity contribution in [1.29, 1.82) is 0 Å². The van der Waals surface area contributed by atoms with Gasteiger partial charge in [-0.2, -0.15) is 8.42 Å². The fourth-order valence-corrected chi connectivity index (χ4v) is 4.19. The van der Waals surface area contributed by atoms with E-state index in [1.807, 2.05) is 13.8 Å². The number of benzene rings is 2. The summed E-state index contributed by atoms with van der Waals surface area (Å²) < 4.78 is 35.5. The van der Waals surface area contributed by atoms with Crippen molar-refractivity contribution in [2.45, 2.75) is 49.3 Å². The summed E-state index contributed by atoms with van der Waals surface area (Å²) in [5, 5.41) is 31.3. The number of halogens is 1. The highest BCUT2D eigenvalue weighted by Gasteiger charge is 2.44. The van der Waals surface area contributed by atoms with Crippen molar-refractivity contribution < 1.29 is 32.7 Å². The van der Waals surface area contributed by atoms with Gasteiger partial charge < -0.3 is 20.1 Å². The normalized spacial score (nSPS) is 27.7. The van der Waals surface area contributed by atoms with E-state index in [4.69, 9.17) is 20.5 Å². The van der Waals surface area contributed by atoms with Gasteiger partial charge in [-0.3, -0.25) is 4.18 Å². The molecule has 1 fully saturated rings. The summed E-state index contributed by atoms with van der Waals surface area (Å²) in [5.41, 5.74) is 2.21. The monoisotopic (exact) mass is 442 g/mol. The number of aryl methyl sites for hydroxylation is 2. The van der Waals surface area contributed by atoms with Gasteiger partial charge in [0.1, 0.15) is 30.5 Å². The highest BCUT2D eigenvalue weighted by Crippen LogP contribution is 2.34. The summed E-state index contributed by atoms with van der Waals surface area (Å²) in [6.45, 7) is 3.11. The average molecular weight is 443 g/mol. The zero-order chi connectivity index (χ0) is 21.3. The van der Waals surface area contributed by atoms with Crippen LogP contribution in [0, 0.1) is 13.8 Å². The van der Waals surface area contributed by atoms with E-state index in [1.165, 1.54) is 12.1 Å². The third kappa shape index (κ3) is 4.80. The first kappa shape index (κ1) is 22.2. The SMILES string of the molecule is Cc1ccc(S(=O)(=O)OC[C@H]2O[C@@H](c3ccc(C)c(Cl)c3)[C@H](O)[C@@H](O)[C@@H]2O)cc1. The number of hydrogen-bond donors (Lipinski definition) is 3. The van der Waals surface area contributed by atoms with Gasteiger partial charge >= 0.3 is 0 Å². The van der Waals surface area contributed by atoms with Crippen LogP contribution in [0.1, 0.15) is 22.8 Å². The second-order valence-corrected chi connectivity index (χ2v) is 9.15. The van der Waals surface area contributed by atoms with Crippen molar-refractivity contribution in [2.24, 2.45) is 0 Å². The maximum absolute atomic E-state index is 12.4. The van der Waals surface area contributed by atoms with Gasteiger partial charge in [0.15, 0.2) is 0 Å². The standard InChI is InChI=1S/C20H23ClO7S/c1-11-3-7-14(8-4-11)29(25,26)27-10-16-17(22)18(23)19(24)20(28-16)13-6-5-12(2)15(21)9-13/h3-9,16-20,22-24H,10H2,1-2H3/t16-,17-,18+,19-,20+/m1/s1. The van der Waals surface area contributed by atoms with Crippen LogP contribution in [-0.2, 0) is 19.0 Å². The Balaban J connectivity index is 1.77. The zero-order valence-corrected chi connectivity index (χ0v) is 17.5. The zero-order valence-electron chi connectivity index (χ0n) is 15.9. The third-order valence-electron chi connectivity index (χ3n) is 4.93. The maximum Gasteiger partial charge on any atom is 0.297 e. The molecule has 0 bridgehead atoms. The van der Waals surface area contributed by atoms with Crippen LogP contribution in [-0.4, -0.2) is 54.8 Å². The van der Waals surface area contributed by atoms with Crippen LogP contribution >= 0.6 is 11.6 Å². The molecule has 1 aliphatic heterocycles. The topological polar surface area (TPSA) is 113 Å². The molecule has 29 heavy (non-hydrogen) atoms. The first-order valence-electron chi connectivity index (χ1n) is 9.02. The van der Waals surface area contributed by atoms with E-state index in [-0.39, 0.29) is 4.90 Å². The van der Waals surface area contributed by atoms with Crippen LogP contribution in [0.5, 0.6) is 0 Å². The van der Waals surface area contributed by atoms with Crippen molar-refractivity contribution in [3.05, 3.63) is 64.2 Å². The molecule has 0 spiro atoms. The van der Waals surface area contributed by atoms with Gasteiger partial charge in [0.05, 0.1) is 11.5 Å². The van der Waals surface area contributed by atoms with Gasteiger partial charge in [0.25, 0.3) is 10.1 Å². The van der Waals surface area contributed by atoms with E-state index in [0.717, 1.165) is 11.1 Å². The second kappa shape index (κ2) is 8.69. The minimum Gasteiger partial charge on any atom is -0.387 e. The van der Waals surface area contributed by atoms with Gasteiger partial charge in [-0.15, -0.1) is 0 Å². The predicted molar refractivity (Wildman–Crippen MR) is 106 cm³/mol. The molecule has 5 atom stereocenters. The molecule has 1 aliphatic rings. The van der Waals surface area contributed by atoms with Crippen molar-refractivity contribution in [1.82, 2.24) is 0 Å². The first-order chi connectivity index (χ1) is 13.6. The van der Waals surface area contributed by atoms with Gasteiger partial charge in [-0.25, -0.2) is 0 Å². The summed E-state index contributed by atoms with van der Waals surface area (Å²) in [5.74, 6) is 0. The molecule has 0 radical (unpaired) electrons. The molecule has 0 unspecified atom stereocenters. The molecule has 0 aromatic heterocycles. The largest absolute Gasteiger partial charge is 0.387 e. The Kier molecular flexibility index (Phi) is 6.64. The second-order valence-electron chi connectivity index (χ2n) is 7.13. The van der Waals surface area contributed by atoms with Crippen LogP contribution in [0.25, 0.3) is 0 Å². The summed E-state index contributed by atoms with van der Waals surface area (Å²) in [6.07, 6.45) is -6.70. The molecule has 158 valence electrons. The lowest BCUT2D eigenvalue weighted by molar-refractivity contribution is -0.229.